The van der Waals surface area contributed by atoms with Crippen LogP contribution in [0.3, 0.4) is 0 Å². The van der Waals surface area contributed by atoms with E-state index in [0.29, 0.717) is 10.7 Å². The summed E-state index contributed by atoms with van der Waals surface area (Å²) in [5.41, 5.74) is 0.415. The molecule has 1 heteroatoms. The van der Waals surface area contributed by atoms with Crippen LogP contribution in [0.15, 0.2) is 0 Å². The zero-order valence-electron chi connectivity index (χ0n) is 8.35. The van der Waals surface area contributed by atoms with Crippen molar-refractivity contribution in [3.63, 3.8) is 0 Å². The van der Waals surface area contributed by atoms with Crippen molar-refractivity contribution in [2.24, 2.45) is 5.41 Å². The van der Waals surface area contributed by atoms with Crippen LogP contribution in [0.2, 0.25) is 0 Å². The first-order valence-electron chi connectivity index (χ1n) is 4.72. The fourth-order valence-corrected chi connectivity index (χ4v) is 1.39. The highest BCUT2D eigenvalue weighted by Gasteiger charge is 2.23. The molecule has 0 saturated carbocycles. The highest BCUT2D eigenvalue weighted by atomic mass is 32.1. The van der Waals surface area contributed by atoms with Gasteiger partial charge in [0.15, 0.2) is 0 Å². The van der Waals surface area contributed by atoms with E-state index in [4.69, 9.17) is 0 Å². The molecule has 0 aromatic heterocycles. The van der Waals surface area contributed by atoms with Crippen LogP contribution in [0.4, 0.5) is 0 Å². The molecule has 0 rings (SSSR count). The Balaban J connectivity index is 3.71. The molecule has 0 aromatic rings. The van der Waals surface area contributed by atoms with Crippen molar-refractivity contribution in [1.82, 2.24) is 0 Å². The van der Waals surface area contributed by atoms with Crippen LogP contribution in [-0.4, -0.2) is 5.25 Å². The van der Waals surface area contributed by atoms with Crippen LogP contribution >= 0.6 is 12.6 Å². The Kier molecular flexibility index (Phi) is 5.24. The number of thiol groups is 1. The number of rotatable bonds is 5. The summed E-state index contributed by atoms with van der Waals surface area (Å²) in [6.07, 6.45) is 5.10. The molecule has 0 saturated heterocycles. The molecule has 0 heterocycles. The minimum atomic E-state index is 0.415. The highest BCUT2D eigenvalue weighted by molar-refractivity contribution is 7.81. The second-order valence-corrected chi connectivity index (χ2v) is 4.62. The molecule has 0 aliphatic carbocycles. The molecule has 0 N–H and O–H groups in total. The molecule has 1 atom stereocenters. The van der Waals surface area contributed by atoms with Gasteiger partial charge in [0.05, 0.1) is 0 Å². The Morgan fingerprint density at radius 2 is 1.82 bits per heavy atom. The van der Waals surface area contributed by atoms with E-state index in [1.807, 2.05) is 0 Å². The molecule has 0 aromatic carbocycles. The van der Waals surface area contributed by atoms with Gasteiger partial charge in [-0.25, -0.2) is 0 Å². The summed E-state index contributed by atoms with van der Waals surface area (Å²) in [5, 5.41) is 0.576. The zero-order chi connectivity index (χ0) is 8.91. The summed E-state index contributed by atoms with van der Waals surface area (Å²) in [6.45, 7) is 9.09. The largest absolute Gasteiger partial charge is 0.175 e. The van der Waals surface area contributed by atoms with E-state index in [1.165, 1.54) is 25.7 Å². The van der Waals surface area contributed by atoms with Crippen LogP contribution < -0.4 is 0 Å². The summed E-state index contributed by atoms with van der Waals surface area (Å²) < 4.78 is 0. The Labute approximate surface area is 77.2 Å². The highest BCUT2D eigenvalue weighted by Crippen LogP contribution is 2.31. The van der Waals surface area contributed by atoms with Gasteiger partial charge in [0.2, 0.25) is 0 Å². The van der Waals surface area contributed by atoms with Crippen molar-refractivity contribution in [1.29, 1.82) is 0 Å². The molecule has 1 unspecified atom stereocenters. The van der Waals surface area contributed by atoms with Gasteiger partial charge in [0.25, 0.3) is 0 Å². The van der Waals surface area contributed by atoms with Crippen molar-refractivity contribution in [3.8, 4) is 0 Å². The van der Waals surface area contributed by atoms with Gasteiger partial charge in [-0.05, 0) is 18.3 Å². The minimum Gasteiger partial charge on any atom is -0.175 e. The number of hydrogen-bond donors (Lipinski definition) is 1. The lowest BCUT2D eigenvalue weighted by molar-refractivity contribution is 0.323. The van der Waals surface area contributed by atoms with E-state index in [-0.39, 0.29) is 0 Å². The lowest BCUT2D eigenvalue weighted by atomic mass is 9.84. The second kappa shape index (κ2) is 5.08. The van der Waals surface area contributed by atoms with Crippen LogP contribution in [0, 0.1) is 5.41 Å². The van der Waals surface area contributed by atoms with E-state index < -0.39 is 0 Å². The van der Waals surface area contributed by atoms with E-state index in [0.717, 1.165) is 0 Å². The normalized spacial score (nSPS) is 15.0. The predicted octanol–water partition coefficient (Wildman–Crippen LogP) is 3.91. The fourth-order valence-electron chi connectivity index (χ4n) is 1.02. The van der Waals surface area contributed by atoms with E-state index in [1.54, 1.807) is 0 Å². The Bertz CT molecular complexity index is 97.0. The second-order valence-electron chi connectivity index (χ2n) is 4.00. The van der Waals surface area contributed by atoms with Gasteiger partial charge < -0.3 is 0 Å². The third-order valence-electron chi connectivity index (χ3n) is 2.64. The summed E-state index contributed by atoms with van der Waals surface area (Å²) in [4.78, 5) is 0. The molecule has 0 radical (unpaired) electrons. The molecular formula is C10H22S. The molecule has 0 nitrogen and oxygen atoms in total. The maximum Gasteiger partial charge on any atom is 0.00679 e. The van der Waals surface area contributed by atoms with Crippen molar-refractivity contribution in [2.45, 2.75) is 58.6 Å². The van der Waals surface area contributed by atoms with Crippen molar-refractivity contribution in [2.75, 3.05) is 0 Å². The summed E-state index contributed by atoms with van der Waals surface area (Å²) in [7, 11) is 0. The molecule has 68 valence electrons. The SMILES string of the molecule is CCCCC(S)C(C)(C)CC. The number of unbranched alkanes of at least 4 members (excludes halogenated alkanes) is 1. The van der Waals surface area contributed by atoms with Crippen molar-refractivity contribution >= 4 is 12.6 Å². The van der Waals surface area contributed by atoms with E-state index in [2.05, 4.69) is 40.3 Å². The smallest absolute Gasteiger partial charge is 0.00679 e. The molecular weight excluding hydrogens is 152 g/mol. The predicted molar refractivity (Wildman–Crippen MR) is 56.4 cm³/mol. The van der Waals surface area contributed by atoms with Gasteiger partial charge in [-0.15, -0.1) is 0 Å². The van der Waals surface area contributed by atoms with Gasteiger partial charge in [0, 0.05) is 5.25 Å². The van der Waals surface area contributed by atoms with Crippen LogP contribution in [0.5, 0.6) is 0 Å². The summed E-state index contributed by atoms with van der Waals surface area (Å²) in [6, 6.07) is 0. The van der Waals surface area contributed by atoms with Gasteiger partial charge in [-0.1, -0.05) is 40.5 Å². The van der Waals surface area contributed by atoms with Gasteiger partial charge >= 0.3 is 0 Å². The Morgan fingerprint density at radius 1 is 1.27 bits per heavy atom. The standard InChI is InChI=1S/C10H22S/c1-5-7-8-9(11)10(3,4)6-2/h9,11H,5-8H2,1-4H3. The van der Waals surface area contributed by atoms with Gasteiger partial charge in [-0.2, -0.15) is 12.6 Å². The summed E-state index contributed by atoms with van der Waals surface area (Å²) in [5.74, 6) is 0. The van der Waals surface area contributed by atoms with Gasteiger partial charge in [0.1, 0.15) is 0 Å². The molecule has 0 amide bonds. The molecule has 0 aliphatic rings. The van der Waals surface area contributed by atoms with E-state index >= 15 is 0 Å². The van der Waals surface area contributed by atoms with Crippen LogP contribution in [0.1, 0.15) is 53.4 Å². The first kappa shape index (κ1) is 11.4. The molecule has 0 fully saturated rings. The molecule has 0 aliphatic heterocycles. The zero-order valence-corrected chi connectivity index (χ0v) is 9.25. The maximum atomic E-state index is 4.62. The van der Waals surface area contributed by atoms with Crippen molar-refractivity contribution < 1.29 is 0 Å². The summed E-state index contributed by atoms with van der Waals surface area (Å²) >= 11 is 4.62. The molecule has 11 heavy (non-hydrogen) atoms. The minimum absolute atomic E-state index is 0.415. The Hall–Kier alpha value is 0.350. The average molecular weight is 174 g/mol. The maximum absolute atomic E-state index is 4.62. The number of hydrogen-bond acceptors (Lipinski definition) is 1. The van der Waals surface area contributed by atoms with Gasteiger partial charge in [-0.3, -0.25) is 0 Å². The van der Waals surface area contributed by atoms with Crippen LogP contribution in [0.25, 0.3) is 0 Å². The van der Waals surface area contributed by atoms with Crippen LogP contribution in [-0.2, 0) is 0 Å². The fraction of sp³-hybridized carbons (Fsp3) is 1.00. The lowest BCUT2D eigenvalue weighted by Crippen LogP contribution is -2.23. The Morgan fingerprint density at radius 3 is 2.18 bits per heavy atom. The van der Waals surface area contributed by atoms with Crippen molar-refractivity contribution in [3.05, 3.63) is 0 Å². The molecule has 0 spiro atoms. The third kappa shape index (κ3) is 4.05. The first-order valence-corrected chi connectivity index (χ1v) is 5.24. The quantitative estimate of drug-likeness (QED) is 0.600. The topological polar surface area (TPSA) is 0 Å². The lowest BCUT2D eigenvalue weighted by Gasteiger charge is -2.29. The van der Waals surface area contributed by atoms with E-state index in [9.17, 15) is 0 Å². The third-order valence-corrected chi connectivity index (χ3v) is 3.60. The monoisotopic (exact) mass is 174 g/mol. The molecule has 0 bridgehead atoms. The first-order chi connectivity index (χ1) is 5.04. The average Bonchev–Trinajstić information content (AvgIpc) is 2.00.